The van der Waals surface area contributed by atoms with Crippen molar-refractivity contribution < 1.29 is 14.0 Å². The number of rotatable bonds is 7. The molecule has 0 radical (unpaired) electrons. The molecule has 0 spiro atoms. The molecule has 4 aromatic rings. The van der Waals surface area contributed by atoms with E-state index in [0.717, 1.165) is 11.2 Å². The Balaban J connectivity index is 1.33. The molecule has 0 saturated carbocycles. The summed E-state index contributed by atoms with van der Waals surface area (Å²) in [7, 11) is 0. The Morgan fingerprint density at radius 1 is 1.19 bits per heavy atom. The monoisotopic (exact) mass is 503 g/mol. The van der Waals surface area contributed by atoms with Crippen LogP contribution in [-0.2, 0) is 4.79 Å². The second-order valence-corrected chi connectivity index (χ2v) is 8.09. The number of aliphatic imine (C=N–C) groups is 1. The van der Waals surface area contributed by atoms with Crippen molar-refractivity contribution in [3.8, 4) is 11.4 Å². The van der Waals surface area contributed by atoms with E-state index in [0.29, 0.717) is 30.3 Å². The highest BCUT2D eigenvalue weighted by Crippen LogP contribution is 2.29. The standard InChI is InChI=1S/C23H22FN11O2/c1-26-6-7-35(25)21-19-17(15(24)13-29-21)14(12-28-19)20(36)23(37)34-10-8-33(9-11-34)22-18(30-32-31-22)16-4-2-3-5-27-16/h2-7,12-13,28H,1,8-11,25H2,(H,30,31,32)/b7-6-. The smallest absolute Gasteiger partial charge is 0.295 e. The molecule has 0 unspecified atom stereocenters. The first-order chi connectivity index (χ1) is 18.0. The molecule has 0 atom stereocenters. The minimum atomic E-state index is -0.835. The number of aromatic amines is 2. The number of aromatic nitrogens is 6. The lowest BCUT2D eigenvalue weighted by Gasteiger charge is -2.34. The van der Waals surface area contributed by atoms with Gasteiger partial charge >= 0.3 is 0 Å². The minimum Gasteiger partial charge on any atom is -0.357 e. The third-order valence-electron chi connectivity index (χ3n) is 5.96. The molecule has 1 amide bonds. The molecule has 0 bridgehead atoms. The van der Waals surface area contributed by atoms with Crippen LogP contribution in [0.4, 0.5) is 16.0 Å². The van der Waals surface area contributed by atoms with Crippen molar-refractivity contribution in [2.75, 3.05) is 36.1 Å². The van der Waals surface area contributed by atoms with Gasteiger partial charge in [0.15, 0.2) is 23.1 Å². The van der Waals surface area contributed by atoms with Gasteiger partial charge in [-0.3, -0.25) is 24.6 Å². The number of hydrogen-bond donors (Lipinski definition) is 3. The lowest BCUT2D eigenvalue weighted by Crippen LogP contribution is -2.50. The highest BCUT2D eigenvalue weighted by Gasteiger charge is 2.31. The summed E-state index contributed by atoms with van der Waals surface area (Å²) in [6, 6.07) is 5.50. The van der Waals surface area contributed by atoms with Crippen LogP contribution in [0.5, 0.6) is 0 Å². The van der Waals surface area contributed by atoms with Gasteiger partial charge in [0, 0.05) is 51.0 Å². The number of Topliss-reactive ketones (excluding diaryl/α,β-unsaturated/α-hetero) is 1. The van der Waals surface area contributed by atoms with Crippen molar-refractivity contribution in [3.63, 3.8) is 0 Å². The van der Waals surface area contributed by atoms with Crippen molar-refractivity contribution in [3.05, 3.63) is 60.6 Å². The number of nitrogens with zero attached hydrogens (tertiary/aromatic N) is 8. The number of piperazine rings is 1. The van der Waals surface area contributed by atoms with Crippen LogP contribution in [0.15, 0.2) is 54.2 Å². The number of halogens is 1. The number of nitrogens with one attached hydrogen (secondary N) is 2. The van der Waals surface area contributed by atoms with Gasteiger partial charge in [-0.15, -0.1) is 5.10 Å². The van der Waals surface area contributed by atoms with Crippen molar-refractivity contribution >= 4 is 40.9 Å². The maximum atomic E-state index is 14.7. The fourth-order valence-electron chi connectivity index (χ4n) is 4.16. The summed E-state index contributed by atoms with van der Waals surface area (Å²) in [6.07, 6.45) is 6.59. The SMILES string of the molecule is C=N/C=C\N(N)c1ncc(F)c2c(C(=O)C(=O)N3CCN(c4n[nH]nc4-c4ccccn4)CC3)c[nH]c12. The zero-order chi connectivity index (χ0) is 25.9. The van der Waals surface area contributed by atoms with Gasteiger partial charge in [0.25, 0.3) is 11.7 Å². The highest BCUT2D eigenvalue weighted by atomic mass is 19.1. The van der Waals surface area contributed by atoms with Gasteiger partial charge in [-0.05, 0) is 18.9 Å². The maximum Gasteiger partial charge on any atom is 0.295 e. The number of H-pyrrole nitrogens is 2. The molecule has 4 N–H and O–H groups in total. The van der Waals surface area contributed by atoms with Crippen LogP contribution >= 0.6 is 0 Å². The Kier molecular flexibility index (Phi) is 6.38. The fraction of sp³-hybridized carbons (Fsp3) is 0.174. The minimum absolute atomic E-state index is 0.0694. The lowest BCUT2D eigenvalue weighted by molar-refractivity contribution is -0.126. The number of nitrogens with two attached hydrogens (primary N) is 1. The molecular weight excluding hydrogens is 481 g/mol. The largest absolute Gasteiger partial charge is 0.357 e. The number of anilines is 2. The Morgan fingerprint density at radius 3 is 2.73 bits per heavy atom. The van der Waals surface area contributed by atoms with E-state index in [9.17, 15) is 14.0 Å². The van der Waals surface area contributed by atoms with Crippen molar-refractivity contribution in [2.45, 2.75) is 0 Å². The van der Waals surface area contributed by atoms with Gasteiger partial charge in [-0.1, -0.05) is 6.07 Å². The van der Waals surface area contributed by atoms with E-state index in [2.05, 4.69) is 42.1 Å². The van der Waals surface area contributed by atoms with Crippen LogP contribution in [0.25, 0.3) is 22.3 Å². The van der Waals surface area contributed by atoms with Crippen LogP contribution in [0.1, 0.15) is 10.4 Å². The van der Waals surface area contributed by atoms with Crippen LogP contribution in [0.2, 0.25) is 0 Å². The zero-order valence-electron chi connectivity index (χ0n) is 19.5. The first-order valence-electron chi connectivity index (χ1n) is 11.2. The summed E-state index contributed by atoms with van der Waals surface area (Å²) in [4.78, 5) is 44.3. The van der Waals surface area contributed by atoms with Gasteiger partial charge < -0.3 is 14.8 Å². The Bertz CT molecular complexity index is 1490. The number of ketones is 1. The summed E-state index contributed by atoms with van der Waals surface area (Å²) >= 11 is 0. The zero-order valence-corrected chi connectivity index (χ0v) is 19.5. The highest BCUT2D eigenvalue weighted by molar-refractivity contribution is 6.45. The summed E-state index contributed by atoms with van der Waals surface area (Å²) in [6.45, 7) is 4.71. The number of amides is 1. The molecular formula is C23H22FN11O2. The van der Waals surface area contributed by atoms with Crippen molar-refractivity contribution in [1.29, 1.82) is 0 Å². The number of carbonyl (C=O) groups excluding carboxylic acids is 2. The average molecular weight is 504 g/mol. The van der Waals surface area contributed by atoms with E-state index in [1.165, 1.54) is 23.5 Å². The van der Waals surface area contributed by atoms with Crippen LogP contribution in [0, 0.1) is 5.82 Å². The van der Waals surface area contributed by atoms with Gasteiger partial charge in [0.05, 0.1) is 28.4 Å². The molecule has 1 fully saturated rings. The van der Waals surface area contributed by atoms with E-state index in [4.69, 9.17) is 5.84 Å². The molecule has 5 rings (SSSR count). The number of hydrazine groups is 1. The Hall–Kier alpha value is -4.98. The summed E-state index contributed by atoms with van der Waals surface area (Å²) < 4.78 is 14.7. The van der Waals surface area contributed by atoms with Crippen molar-refractivity contribution in [2.24, 2.45) is 10.8 Å². The molecule has 37 heavy (non-hydrogen) atoms. The second-order valence-electron chi connectivity index (χ2n) is 8.09. The van der Waals surface area contributed by atoms with E-state index in [-0.39, 0.29) is 35.4 Å². The van der Waals surface area contributed by atoms with Crippen LogP contribution < -0.4 is 15.8 Å². The third-order valence-corrected chi connectivity index (χ3v) is 5.96. The summed E-state index contributed by atoms with van der Waals surface area (Å²) in [5.41, 5.74) is 1.34. The Morgan fingerprint density at radius 2 is 2.00 bits per heavy atom. The molecule has 0 aromatic carbocycles. The average Bonchev–Trinajstić information content (AvgIpc) is 3.60. The predicted molar refractivity (Wildman–Crippen MR) is 134 cm³/mol. The van der Waals surface area contributed by atoms with E-state index >= 15 is 0 Å². The number of fused-ring (bicyclic) bond motifs is 1. The van der Waals surface area contributed by atoms with Gasteiger partial charge in [-0.2, -0.15) is 10.3 Å². The van der Waals surface area contributed by atoms with Gasteiger partial charge in [-0.25, -0.2) is 15.2 Å². The first kappa shape index (κ1) is 23.7. The molecule has 1 saturated heterocycles. The fourth-order valence-corrected chi connectivity index (χ4v) is 4.16. The van der Waals surface area contributed by atoms with E-state index in [1.54, 1.807) is 6.20 Å². The third kappa shape index (κ3) is 4.40. The quantitative estimate of drug-likeness (QED) is 0.111. The van der Waals surface area contributed by atoms with Crippen LogP contribution in [0.3, 0.4) is 0 Å². The number of carbonyl (C=O) groups is 2. The molecule has 5 heterocycles. The second kappa shape index (κ2) is 9.94. The summed E-state index contributed by atoms with van der Waals surface area (Å²) in [5, 5.41) is 12.1. The number of pyridine rings is 2. The van der Waals surface area contributed by atoms with Crippen molar-refractivity contribution in [1.82, 2.24) is 35.3 Å². The molecule has 1 aliphatic rings. The lowest BCUT2D eigenvalue weighted by atomic mass is 10.1. The molecule has 13 nitrogen and oxygen atoms in total. The molecule has 1 aliphatic heterocycles. The van der Waals surface area contributed by atoms with E-state index in [1.807, 2.05) is 23.1 Å². The summed E-state index contributed by atoms with van der Waals surface area (Å²) in [5.74, 6) is 4.37. The molecule has 14 heteroatoms. The Labute approximate surface area is 209 Å². The van der Waals surface area contributed by atoms with Gasteiger partial charge in [0.1, 0.15) is 0 Å². The van der Waals surface area contributed by atoms with Crippen LogP contribution in [-0.4, -0.2) is 79.8 Å². The normalized spacial score (nSPS) is 13.9. The van der Waals surface area contributed by atoms with Gasteiger partial charge in [0.2, 0.25) is 0 Å². The molecule has 0 aliphatic carbocycles. The number of hydrogen-bond acceptors (Lipinski definition) is 10. The topological polar surface area (TPSA) is 165 Å². The van der Waals surface area contributed by atoms with E-state index < -0.39 is 17.5 Å². The molecule has 188 valence electrons. The predicted octanol–water partition coefficient (Wildman–Crippen LogP) is 1.27. The molecule has 4 aromatic heterocycles. The maximum absolute atomic E-state index is 14.7. The first-order valence-corrected chi connectivity index (χ1v) is 11.2.